The lowest BCUT2D eigenvalue weighted by molar-refractivity contribution is -0.145. The summed E-state index contributed by atoms with van der Waals surface area (Å²) in [7, 11) is 0. The lowest BCUT2D eigenvalue weighted by Gasteiger charge is -2.34. The summed E-state index contributed by atoms with van der Waals surface area (Å²) in [4.78, 5) is 33.3. The zero-order valence-electron chi connectivity index (χ0n) is 14.1. The summed E-state index contributed by atoms with van der Waals surface area (Å²) in [5, 5.41) is 3.85. The average molecular weight is 332 g/mol. The number of hydrogen-bond donors (Lipinski definition) is 0. The van der Waals surface area contributed by atoms with Gasteiger partial charge in [-0.1, -0.05) is 5.16 Å². The van der Waals surface area contributed by atoms with Gasteiger partial charge in [0, 0.05) is 31.5 Å². The number of carbonyl (C=O) groups is 2. The number of nitrogens with zero attached hydrogens (tertiary/aromatic N) is 4. The summed E-state index contributed by atoms with van der Waals surface area (Å²) in [6.45, 7) is 3.96. The van der Waals surface area contributed by atoms with Crippen molar-refractivity contribution in [1.82, 2.24) is 19.9 Å². The first kappa shape index (κ1) is 15.6. The Kier molecular flexibility index (Phi) is 4.02. The number of amides is 2. The number of aromatic nitrogens is 2. The van der Waals surface area contributed by atoms with Crippen molar-refractivity contribution in [3.8, 4) is 0 Å². The van der Waals surface area contributed by atoms with Crippen molar-refractivity contribution in [2.24, 2.45) is 5.92 Å². The van der Waals surface area contributed by atoms with Gasteiger partial charge in [-0.2, -0.15) is 4.98 Å². The van der Waals surface area contributed by atoms with Gasteiger partial charge in [-0.25, -0.2) is 0 Å². The van der Waals surface area contributed by atoms with Crippen LogP contribution >= 0.6 is 0 Å². The van der Waals surface area contributed by atoms with E-state index in [-0.39, 0.29) is 29.7 Å². The number of likely N-dealkylation sites (tertiary alicyclic amines) is 2. The molecule has 4 rings (SSSR count). The smallest absolute Gasteiger partial charge is 0.245 e. The lowest BCUT2D eigenvalue weighted by Crippen LogP contribution is -2.50. The van der Waals surface area contributed by atoms with E-state index >= 15 is 0 Å². The molecule has 3 aliphatic rings. The highest BCUT2D eigenvalue weighted by atomic mass is 16.5. The molecule has 1 unspecified atom stereocenters. The monoisotopic (exact) mass is 332 g/mol. The lowest BCUT2D eigenvalue weighted by atomic mass is 9.96. The molecule has 1 aliphatic carbocycles. The molecule has 1 saturated carbocycles. The van der Waals surface area contributed by atoms with Gasteiger partial charge in [0.05, 0.1) is 0 Å². The van der Waals surface area contributed by atoms with E-state index in [1.54, 1.807) is 0 Å². The van der Waals surface area contributed by atoms with Crippen molar-refractivity contribution < 1.29 is 14.1 Å². The first-order chi connectivity index (χ1) is 11.6. The zero-order valence-corrected chi connectivity index (χ0v) is 14.1. The van der Waals surface area contributed by atoms with Crippen LogP contribution in [-0.4, -0.2) is 57.4 Å². The molecule has 130 valence electrons. The van der Waals surface area contributed by atoms with Gasteiger partial charge >= 0.3 is 0 Å². The molecule has 0 N–H and O–H groups in total. The number of piperidine rings is 1. The second-order valence-electron chi connectivity index (χ2n) is 7.24. The summed E-state index contributed by atoms with van der Waals surface area (Å²) < 4.78 is 5.26. The number of carbonyl (C=O) groups excluding carboxylic acids is 2. The van der Waals surface area contributed by atoms with Gasteiger partial charge in [-0.05, 0) is 45.4 Å². The van der Waals surface area contributed by atoms with Gasteiger partial charge in [0.1, 0.15) is 6.04 Å². The van der Waals surface area contributed by atoms with E-state index < -0.39 is 0 Å². The predicted octanol–water partition coefficient (Wildman–Crippen LogP) is 1.49. The minimum Gasteiger partial charge on any atom is -0.341 e. The van der Waals surface area contributed by atoms with E-state index in [4.69, 9.17) is 4.52 Å². The molecule has 0 spiro atoms. The third-order valence-corrected chi connectivity index (χ3v) is 5.45. The Labute approximate surface area is 141 Å². The molecule has 1 aromatic heterocycles. The second kappa shape index (κ2) is 6.18. The number of aryl methyl sites for hydroxylation is 1. The fourth-order valence-electron chi connectivity index (χ4n) is 3.89. The van der Waals surface area contributed by atoms with Crippen LogP contribution in [0.3, 0.4) is 0 Å². The third-order valence-electron chi connectivity index (χ3n) is 5.45. The molecule has 24 heavy (non-hydrogen) atoms. The van der Waals surface area contributed by atoms with Crippen molar-refractivity contribution in [2.75, 3.05) is 19.6 Å². The molecular weight excluding hydrogens is 308 g/mol. The first-order valence-electron chi connectivity index (χ1n) is 9.03. The Bertz CT molecular complexity index is 632. The largest absolute Gasteiger partial charge is 0.341 e. The molecular formula is C17H24N4O3. The van der Waals surface area contributed by atoms with Crippen LogP contribution in [-0.2, 0) is 9.59 Å². The maximum atomic E-state index is 12.9. The highest BCUT2D eigenvalue weighted by molar-refractivity contribution is 5.90. The molecule has 7 heteroatoms. The summed E-state index contributed by atoms with van der Waals surface area (Å²) in [6.07, 6.45) is 5.41. The van der Waals surface area contributed by atoms with Crippen LogP contribution < -0.4 is 0 Å². The van der Waals surface area contributed by atoms with Gasteiger partial charge in [0.15, 0.2) is 5.82 Å². The van der Waals surface area contributed by atoms with Crippen molar-refractivity contribution >= 4 is 11.8 Å². The van der Waals surface area contributed by atoms with Gasteiger partial charge in [0.2, 0.25) is 17.7 Å². The molecule has 0 bridgehead atoms. The van der Waals surface area contributed by atoms with Crippen molar-refractivity contribution in [2.45, 2.75) is 57.4 Å². The van der Waals surface area contributed by atoms with Crippen molar-refractivity contribution in [1.29, 1.82) is 0 Å². The Morgan fingerprint density at radius 2 is 1.79 bits per heavy atom. The number of rotatable bonds is 3. The van der Waals surface area contributed by atoms with Gasteiger partial charge in [-0.3, -0.25) is 9.59 Å². The maximum Gasteiger partial charge on any atom is 0.245 e. The standard InChI is InChI=1S/C17H24N4O3/c1-11-18-15(24-19-11)12-6-9-20(10-7-12)17(23)14-3-2-8-21(14)16(22)13-4-5-13/h12-14H,2-10H2,1H3. The summed E-state index contributed by atoms with van der Waals surface area (Å²) >= 11 is 0. The minimum atomic E-state index is -0.236. The minimum absolute atomic E-state index is 0.127. The van der Waals surface area contributed by atoms with Crippen molar-refractivity contribution in [3.05, 3.63) is 11.7 Å². The van der Waals surface area contributed by atoms with Crippen LogP contribution in [0.25, 0.3) is 0 Å². The highest BCUT2D eigenvalue weighted by Gasteiger charge is 2.42. The van der Waals surface area contributed by atoms with Crippen LogP contribution in [0, 0.1) is 12.8 Å². The molecule has 0 aromatic carbocycles. The summed E-state index contributed by atoms with van der Waals surface area (Å²) in [5.74, 6) is 2.09. The molecule has 3 heterocycles. The molecule has 2 aliphatic heterocycles. The van der Waals surface area contributed by atoms with Crippen molar-refractivity contribution in [3.63, 3.8) is 0 Å². The number of hydrogen-bond acceptors (Lipinski definition) is 5. The zero-order chi connectivity index (χ0) is 16.7. The van der Waals surface area contributed by atoms with Gasteiger partial charge in [-0.15, -0.1) is 0 Å². The maximum absolute atomic E-state index is 12.9. The highest BCUT2D eigenvalue weighted by Crippen LogP contribution is 2.34. The first-order valence-corrected chi connectivity index (χ1v) is 9.03. The fourth-order valence-corrected chi connectivity index (χ4v) is 3.89. The quantitative estimate of drug-likeness (QED) is 0.838. The topological polar surface area (TPSA) is 79.5 Å². The second-order valence-corrected chi connectivity index (χ2v) is 7.24. The third kappa shape index (κ3) is 2.91. The van der Waals surface area contributed by atoms with E-state index in [1.165, 1.54) is 0 Å². The molecule has 1 atom stereocenters. The predicted molar refractivity (Wildman–Crippen MR) is 85.0 cm³/mol. The molecule has 2 amide bonds. The van der Waals surface area contributed by atoms with E-state index in [0.29, 0.717) is 24.8 Å². The van der Waals surface area contributed by atoms with E-state index in [1.807, 2.05) is 16.7 Å². The fraction of sp³-hybridized carbons (Fsp3) is 0.765. The molecule has 3 fully saturated rings. The van der Waals surface area contributed by atoms with Crippen LogP contribution in [0.1, 0.15) is 56.2 Å². The normalized spacial score (nSPS) is 25.3. The molecule has 1 aromatic rings. The van der Waals surface area contributed by atoms with Crippen LogP contribution in [0.15, 0.2) is 4.52 Å². The van der Waals surface area contributed by atoms with Crippen LogP contribution in [0.5, 0.6) is 0 Å². The Balaban J connectivity index is 1.36. The molecule has 2 saturated heterocycles. The average Bonchev–Trinajstić information content (AvgIpc) is 3.17. The summed E-state index contributed by atoms with van der Waals surface area (Å²) in [5.41, 5.74) is 0. The Morgan fingerprint density at radius 3 is 2.42 bits per heavy atom. The van der Waals surface area contributed by atoms with E-state index in [0.717, 1.165) is 45.1 Å². The summed E-state index contributed by atoms with van der Waals surface area (Å²) in [6, 6.07) is -0.236. The van der Waals surface area contributed by atoms with Gasteiger partial charge < -0.3 is 14.3 Å². The van der Waals surface area contributed by atoms with E-state index in [9.17, 15) is 9.59 Å². The van der Waals surface area contributed by atoms with Crippen LogP contribution in [0.2, 0.25) is 0 Å². The Morgan fingerprint density at radius 1 is 1.04 bits per heavy atom. The van der Waals surface area contributed by atoms with Gasteiger partial charge in [0.25, 0.3) is 0 Å². The Hall–Kier alpha value is -1.92. The SMILES string of the molecule is Cc1noc(C2CCN(C(=O)C3CCCN3C(=O)C3CC3)CC2)n1. The molecule has 7 nitrogen and oxygen atoms in total. The molecule has 0 radical (unpaired) electrons. The van der Waals surface area contributed by atoms with Crippen LogP contribution in [0.4, 0.5) is 0 Å². The van der Waals surface area contributed by atoms with E-state index in [2.05, 4.69) is 10.1 Å².